The smallest absolute Gasteiger partial charge is 0.224 e. The number of amides is 1. The quantitative estimate of drug-likeness (QED) is 0.780. The molecule has 1 aliphatic heterocycles. The van der Waals surface area contributed by atoms with E-state index in [0.29, 0.717) is 25.5 Å². The van der Waals surface area contributed by atoms with Gasteiger partial charge in [0.1, 0.15) is 5.58 Å². The van der Waals surface area contributed by atoms with Gasteiger partial charge in [-0.15, -0.1) is 0 Å². The number of ether oxygens (including phenoxy) is 1. The SMILES string of the molecule is COCC1(CNC(=O)Cc2coc3cc(C)c(C(C)C)cc23)CCNCC1. The number of fused-ring (bicyclic) bond motifs is 1. The van der Waals surface area contributed by atoms with Gasteiger partial charge in [-0.1, -0.05) is 13.8 Å². The van der Waals surface area contributed by atoms with Crippen molar-refractivity contribution in [2.75, 3.05) is 33.4 Å². The van der Waals surface area contributed by atoms with Crippen LogP contribution in [-0.2, 0) is 16.0 Å². The zero-order chi connectivity index (χ0) is 19.4. The number of carbonyl (C=O) groups is 1. The lowest BCUT2D eigenvalue weighted by molar-refractivity contribution is -0.121. The molecule has 0 spiro atoms. The number of benzene rings is 1. The molecule has 1 aromatic carbocycles. The van der Waals surface area contributed by atoms with Crippen LogP contribution in [0, 0.1) is 12.3 Å². The Bertz CT molecular complexity index is 783. The first-order valence-electron chi connectivity index (χ1n) is 9.91. The molecular formula is C22H32N2O3. The molecule has 27 heavy (non-hydrogen) atoms. The maximum Gasteiger partial charge on any atom is 0.224 e. The van der Waals surface area contributed by atoms with E-state index < -0.39 is 0 Å². The van der Waals surface area contributed by atoms with Gasteiger partial charge in [0.25, 0.3) is 0 Å². The average Bonchev–Trinajstić information content (AvgIpc) is 3.02. The lowest BCUT2D eigenvalue weighted by Gasteiger charge is -2.37. The van der Waals surface area contributed by atoms with Crippen LogP contribution < -0.4 is 10.6 Å². The molecule has 1 aromatic heterocycles. The summed E-state index contributed by atoms with van der Waals surface area (Å²) < 4.78 is 11.1. The molecule has 2 N–H and O–H groups in total. The van der Waals surface area contributed by atoms with E-state index in [1.54, 1.807) is 13.4 Å². The molecule has 5 heteroatoms. The van der Waals surface area contributed by atoms with E-state index in [-0.39, 0.29) is 11.3 Å². The summed E-state index contributed by atoms with van der Waals surface area (Å²) in [6.45, 7) is 9.78. The van der Waals surface area contributed by atoms with Crippen LogP contribution >= 0.6 is 0 Å². The van der Waals surface area contributed by atoms with Crippen molar-refractivity contribution in [1.82, 2.24) is 10.6 Å². The first kappa shape index (κ1) is 19.9. The van der Waals surface area contributed by atoms with Crippen LogP contribution in [0.5, 0.6) is 0 Å². The summed E-state index contributed by atoms with van der Waals surface area (Å²) in [6.07, 6.45) is 4.11. The van der Waals surface area contributed by atoms with E-state index >= 15 is 0 Å². The van der Waals surface area contributed by atoms with Crippen molar-refractivity contribution in [1.29, 1.82) is 0 Å². The maximum absolute atomic E-state index is 12.6. The van der Waals surface area contributed by atoms with Crippen LogP contribution in [0.25, 0.3) is 11.0 Å². The second-order valence-corrected chi connectivity index (χ2v) is 8.26. The van der Waals surface area contributed by atoms with Crippen LogP contribution in [0.4, 0.5) is 0 Å². The molecule has 3 rings (SSSR count). The fourth-order valence-corrected chi connectivity index (χ4v) is 4.16. The lowest BCUT2D eigenvalue weighted by atomic mass is 9.79. The standard InChI is InChI=1S/C22H32N2O3/c1-15(2)18-11-19-17(12-27-20(19)9-16(18)3)10-21(25)24-13-22(14-26-4)5-7-23-8-6-22/h9,11-12,15,23H,5-8,10,13-14H2,1-4H3,(H,24,25). The molecule has 0 radical (unpaired) electrons. The second kappa shape index (κ2) is 8.44. The van der Waals surface area contributed by atoms with Gasteiger partial charge in [0.2, 0.25) is 5.91 Å². The van der Waals surface area contributed by atoms with Crippen molar-refractivity contribution in [3.8, 4) is 0 Å². The largest absolute Gasteiger partial charge is 0.464 e. The number of methoxy groups -OCH3 is 1. The van der Waals surface area contributed by atoms with Gasteiger partial charge in [-0.2, -0.15) is 0 Å². The van der Waals surface area contributed by atoms with Crippen molar-refractivity contribution >= 4 is 16.9 Å². The van der Waals surface area contributed by atoms with Gasteiger partial charge in [-0.25, -0.2) is 0 Å². The molecule has 2 aromatic rings. The van der Waals surface area contributed by atoms with E-state index in [1.807, 2.05) is 0 Å². The number of aryl methyl sites for hydroxylation is 1. The van der Waals surface area contributed by atoms with E-state index in [9.17, 15) is 4.79 Å². The molecule has 0 aliphatic carbocycles. The number of carbonyl (C=O) groups excluding carboxylic acids is 1. The van der Waals surface area contributed by atoms with E-state index in [1.165, 1.54) is 11.1 Å². The number of hydrogen-bond donors (Lipinski definition) is 2. The Hall–Kier alpha value is -1.85. The van der Waals surface area contributed by atoms with Crippen molar-refractivity contribution < 1.29 is 13.9 Å². The Kier molecular flexibility index (Phi) is 6.22. The summed E-state index contributed by atoms with van der Waals surface area (Å²) in [5, 5.41) is 7.57. The molecule has 2 heterocycles. The van der Waals surface area contributed by atoms with Gasteiger partial charge >= 0.3 is 0 Å². The van der Waals surface area contributed by atoms with Crippen LogP contribution in [0.3, 0.4) is 0 Å². The Morgan fingerprint density at radius 2 is 2.07 bits per heavy atom. The molecule has 5 nitrogen and oxygen atoms in total. The summed E-state index contributed by atoms with van der Waals surface area (Å²) in [7, 11) is 1.73. The summed E-state index contributed by atoms with van der Waals surface area (Å²) in [5.74, 6) is 0.484. The molecule has 0 unspecified atom stereocenters. The highest BCUT2D eigenvalue weighted by Gasteiger charge is 2.32. The van der Waals surface area contributed by atoms with E-state index in [0.717, 1.165) is 42.5 Å². The van der Waals surface area contributed by atoms with Crippen LogP contribution in [0.2, 0.25) is 0 Å². The molecule has 1 aliphatic rings. The van der Waals surface area contributed by atoms with Crippen LogP contribution in [0.15, 0.2) is 22.8 Å². The fourth-order valence-electron chi connectivity index (χ4n) is 4.16. The second-order valence-electron chi connectivity index (χ2n) is 8.26. The minimum Gasteiger partial charge on any atom is -0.464 e. The molecule has 148 valence electrons. The van der Waals surface area contributed by atoms with Crippen molar-refractivity contribution in [3.05, 3.63) is 35.1 Å². The summed E-state index contributed by atoms with van der Waals surface area (Å²) in [6, 6.07) is 4.26. The highest BCUT2D eigenvalue weighted by atomic mass is 16.5. The van der Waals surface area contributed by atoms with Gasteiger partial charge in [0.15, 0.2) is 0 Å². The average molecular weight is 373 g/mol. The number of piperidine rings is 1. The molecule has 0 saturated carbocycles. The normalized spacial score (nSPS) is 16.8. The van der Waals surface area contributed by atoms with Crippen LogP contribution in [-0.4, -0.2) is 39.3 Å². The predicted molar refractivity (Wildman–Crippen MR) is 108 cm³/mol. The first-order chi connectivity index (χ1) is 12.9. The van der Waals surface area contributed by atoms with Gasteiger partial charge in [0.05, 0.1) is 19.3 Å². The van der Waals surface area contributed by atoms with Crippen LogP contribution in [0.1, 0.15) is 49.3 Å². The molecule has 0 bridgehead atoms. The summed E-state index contributed by atoms with van der Waals surface area (Å²) in [4.78, 5) is 12.6. The third-order valence-corrected chi connectivity index (χ3v) is 5.79. The number of hydrogen-bond acceptors (Lipinski definition) is 4. The number of rotatable bonds is 7. The Labute approximate surface area is 161 Å². The molecule has 1 saturated heterocycles. The van der Waals surface area contributed by atoms with Crippen molar-refractivity contribution in [3.63, 3.8) is 0 Å². The summed E-state index contributed by atoms with van der Waals surface area (Å²) in [5.41, 5.74) is 4.38. The molecule has 1 fully saturated rings. The molecule has 1 amide bonds. The topological polar surface area (TPSA) is 63.5 Å². The minimum atomic E-state index is 0.0377. The number of nitrogens with one attached hydrogen (secondary N) is 2. The zero-order valence-corrected chi connectivity index (χ0v) is 17.0. The molecular weight excluding hydrogens is 340 g/mol. The Morgan fingerprint density at radius 3 is 2.74 bits per heavy atom. The first-order valence-corrected chi connectivity index (χ1v) is 9.91. The third kappa shape index (κ3) is 4.53. The number of furan rings is 1. The lowest BCUT2D eigenvalue weighted by Crippen LogP contribution is -2.47. The van der Waals surface area contributed by atoms with E-state index in [4.69, 9.17) is 9.15 Å². The minimum absolute atomic E-state index is 0.0377. The van der Waals surface area contributed by atoms with Gasteiger partial charge < -0.3 is 19.8 Å². The highest BCUT2D eigenvalue weighted by Crippen LogP contribution is 2.30. The zero-order valence-electron chi connectivity index (χ0n) is 17.0. The van der Waals surface area contributed by atoms with Gasteiger partial charge in [-0.05, 0) is 62.0 Å². The van der Waals surface area contributed by atoms with Crippen molar-refractivity contribution in [2.45, 2.75) is 46.0 Å². The highest BCUT2D eigenvalue weighted by molar-refractivity contribution is 5.88. The monoisotopic (exact) mass is 372 g/mol. The maximum atomic E-state index is 12.6. The van der Waals surface area contributed by atoms with Crippen molar-refractivity contribution in [2.24, 2.45) is 5.41 Å². The summed E-state index contributed by atoms with van der Waals surface area (Å²) >= 11 is 0. The third-order valence-electron chi connectivity index (χ3n) is 5.79. The fraction of sp³-hybridized carbons (Fsp3) is 0.591. The molecule has 0 atom stereocenters. The Morgan fingerprint density at radius 1 is 1.33 bits per heavy atom. The van der Waals surface area contributed by atoms with Gasteiger partial charge in [-0.3, -0.25) is 4.79 Å². The predicted octanol–water partition coefficient (Wildman–Crippen LogP) is 3.54. The Balaban J connectivity index is 1.69. The van der Waals surface area contributed by atoms with Gasteiger partial charge in [0, 0.05) is 30.0 Å². The van der Waals surface area contributed by atoms with E-state index in [2.05, 4.69) is 43.5 Å².